The van der Waals surface area contributed by atoms with E-state index < -0.39 is 9.84 Å². The summed E-state index contributed by atoms with van der Waals surface area (Å²) < 4.78 is 37.6. The maximum absolute atomic E-state index is 13.9. The maximum atomic E-state index is 13.9. The molecule has 7 heteroatoms. The van der Waals surface area contributed by atoms with E-state index in [4.69, 9.17) is 0 Å². The Labute approximate surface area is 149 Å². The van der Waals surface area contributed by atoms with Crippen LogP contribution < -0.4 is 0 Å². The smallest absolute Gasteiger partial charge is 0.254 e. The summed E-state index contributed by atoms with van der Waals surface area (Å²) in [5, 5.41) is 0. The Morgan fingerprint density at radius 3 is 2.33 bits per heavy atom. The molecule has 2 rings (SSSR count). The van der Waals surface area contributed by atoms with E-state index in [0.717, 1.165) is 10.7 Å². The molecule has 0 N–H and O–H groups in total. The molecule has 0 radical (unpaired) electrons. The van der Waals surface area contributed by atoms with Crippen LogP contribution in [0.25, 0.3) is 0 Å². The Balaban J connectivity index is 2.24. The highest BCUT2D eigenvalue weighted by Crippen LogP contribution is 2.19. The second-order valence-electron chi connectivity index (χ2n) is 5.35. The predicted molar refractivity (Wildman–Crippen MR) is 94.1 cm³/mol. The van der Waals surface area contributed by atoms with Crippen molar-refractivity contribution >= 4 is 31.7 Å². The average Bonchev–Trinajstić information content (AvgIpc) is 2.54. The molecule has 0 atom stereocenters. The average molecular weight is 414 g/mol. The van der Waals surface area contributed by atoms with Crippen LogP contribution in [-0.4, -0.2) is 32.0 Å². The van der Waals surface area contributed by atoms with Crippen molar-refractivity contribution in [2.75, 3.05) is 12.8 Å². The quantitative estimate of drug-likeness (QED) is 0.751. The van der Waals surface area contributed by atoms with Gasteiger partial charge >= 0.3 is 0 Å². The minimum atomic E-state index is -3.31. The van der Waals surface area contributed by atoms with Gasteiger partial charge in [-0.25, -0.2) is 12.8 Å². The summed E-state index contributed by atoms with van der Waals surface area (Å²) in [5.41, 5.74) is 0.770. The lowest BCUT2D eigenvalue weighted by atomic mass is 10.1. The highest BCUT2D eigenvalue weighted by Gasteiger charge is 2.17. The van der Waals surface area contributed by atoms with Crippen molar-refractivity contribution in [1.29, 1.82) is 0 Å². The van der Waals surface area contributed by atoms with E-state index in [2.05, 4.69) is 15.9 Å². The van der Waals surface area contributed by atoms with Gasteiger partial charge in [-0.15, -0.1) is 0 Å². The van der Waals surface area contributed by atoms with Crippen LogP contribution in [0.1, 0.15) is 22.8 Å². The third-order valence-electron chi connectivity index (χ3n) is 3.57. The lowest BCUT2D eigenvalue weighted by molar-refractivity contribution is 0.0751. The van der Waals surface area contributed by atoms with Crippen LogP contribution in [0.15, 0.2) is 51.8 Å². The zero-order valence-electron chi connectivity index (χ0n) is 13.3. The zero-order valence-corrected chi connectivity index (χ0v) is 15.7. The fourth-order valence-corrected chi connectivity index (χ4v) is 3.26. The molecule has 2 aromatic rings. The van der Waals surface area contributed by atoms with E-state index in [-0.39, 0.29) is 23.2 Å². The molecule has 0 unspecified atom stereocenters. The van der Waals surface area contributed by atoms with E-state index in [1.165, 1.54) is 35.2 Å². The SMILES string of the molecule is CCN(Cc1cc(Br)ccc1F)C(=O)c1ccc(S(C)(=O)=O)cc1. The Morgan fingerprint density at radius 1 is 1.17 bits per heavy atom. The van der Waals surface area contributed by atoms with Gasteiger partial charge in [0.1, 0.15) is 5.82 Å². The standard InChI is InChI=1S/C17H17BrFNO3S/c1-3-20(11-13-10-14(18)6-9-16(13)19)17(21)12-4-7-15(8-5-12)24(2,22)23/h4-10H,3,11H2,1-2H3. The molecule has 1 amide bonds. The Bertz CT molecular complexity index is 851. The van der Waals surface area contributed by atoms with E-state index in [1.54, 1.807) is 19.1 Å². The van der Waals surface area contributed by atoms with Crippen LogP contribution in [0.4, 0.5) is 4.39 Å². The summed E-state index contributed by atoms with van der Waals surface area (Å²) in [5.74, 6) is -0.659. The van der Waals surface area contributed by atoms with Crippen molar-refractivity contribution in [3.8, 4) is 0 Å². The number of halogens is 2. The van der Waals surface area contributed by atoms with Crippen LogP contribution in [0.2, 0.25) is 0 Å². The first-order valence-electron chi connectivity index (χ1n) is 7.25. The van der Waals surface area contributed by atoms with Crippen LogP contribution in [0.3, 0.4) is 0 Å². The first kappa shape index (κ1) is 18.6. The van der Waals surface area contributed by atoms with Crippen molar-refractivity contribution < 1.29 is 17.6 Å². The highest BCUT2D eigenvalue weighted by molar-refractivity contribution is 9.10. The van der Waals surface area contributed by atoms with Crippen LogP contribution >= 0.6 is 15.9 Å². The predicted octanol–water partition coefficient (Wildman–Crippen LogP) is 3.65. The second kappa shape index (κ2) is 7.44. The molecule has 0 aliphatic carbocycles. The molecule has 0 heterocycles. The highest BCUT2D eigenvalue weighted by atomic mass is 79.9. The molecular formula is C17H17BrFNO3S. The molecule has 2 aromatic carbocycles. The number of hydrogen-bond donors (Lipinski definition) is 0. The fourth-order valence-electron chi connectivity index (χ4n) is 2.22. The molecule has 128 valence electrons. The number of hydrogen-bond acceptors (Lipinski definition) is 3. The summed E-state index contributed by atoms with van der Waals surface area (Å²) in [6.07, 6.45) is 1.11. The van der Waals surface area contributed by atoms with Gasteiger partial charge in [0.25, 0.3) is 5.91 Å². The monoisotopic (exact) mass is 413 g/mol. The van der Waals surface area contributed by atoms with Gasteiger partial charge in [0, 0.05) is 34.9 Å². The molecule has 0 bridgehead atoms. The number of sulfone groups is 1. The summed E-state index contributed by atoms with van der Waals surface area (Å²) in [6, 6.07) is 10.3. The Morgan fingerprint density at radius 2 is 1.79 bits per heavy atom. The molecule has 0 aromatic heterocycles. The van der Waals surface area contributed by atoms with Crippen LogP contribution in [-0.2, 0) is 16.4 Å². The summed E-state index contributed by atoms with van der Waals surface area (Å²) in [6.45, 7) is 2.34. The molecule has 0 saturated heterocycles. The largest absolute Gasteiger partial charge is 0.334 e. The number of carbonyl (C=O) groups excluding carboxylic acids is 1. The molecule has 0 aliphatic rings. The normalized spacial score (nSPS) is 11.3. The topological polar surface area (TPSA) is 54.5 Å². The van der Waals surface area contributed by atoms with E-state index in [1.807, 2.05) is 0 Å². The maximum Gasteiger partial charge on any atom is 0.254 e. The van der Waals surface area contributed by atoms with Gasteiger partial charge in [-0.2, -0.15) is 0 Å². The van der Waals surface area contributed by atoms with Crippen molar-refractivity contribution in [3.63, 3.8) is 0 Å². The van der Waals surface area contributed by atoms with E-state index in [0.29, 0.717) is 17.7 Å². The molecule has 24 heavy (non-hydrogen) atoms. The van der Waals surface area contributed by atoms with E-state index in [9.17, 15) is 17.6 Å². The summed E-state index contributed by atoms with van der Waals surface area (Å²) in [7, 11) is -3.31. The number of nitrogens with zero attached hydrogens (tertiary/aromatic N) is 1. The Kier molecular flexibility index (Phi) is 5.77. The molecular weight excluding hydrogens is 397 g/mol. The van der Waals surface area contributed by atoms with E-state index >= 15 is 0 Å². The molecule has 0 fully saturated rings. The van der Waals surface area contributed by atoms with Crippen molar-refractivity contribution in [3.05, 3.63) is 63.9 Å². The number of amides is 1. The number of benzene rings is 2. The second-order valence-corrected chi connectivity index (χ2v) is 8.28. The molecule has 0 spiro atoms. The molecule has 4 nitrogen and oxygen atoms in total. The first-order chi connectivity index (χ1) is 11.2. The number of carbonyl (C=O) groups is 1. The van der Waals surface area contributed by atoms with Gasteiger partial charge < -0.3 is 4.90 Å². The minimum absolute atomic E-state index is 0.133. The van der Waals surface area contributed by atoms with Crippen molar-refractivity contribution in [2.24, 2.45) is 0 Å². The summed E-state index contributed by atoms with van der Waals surface area (Å²) >= 11 is 3.29. The van der Waals surface area contributed by atoms with Crippen molar-refractivity contribution in [1.82, 2.24) is 4.90 Å². The Hall–Kier alpha value is -1.73. The molecule has 0 aliphatic heterocycles. The van der Waals surface area contributed by atoms with Gasteiger partial charge in [0.05, 0.1) is 4.90 Å². The zero-order chi connectivity index (χ0) is 17.9. The van der Waals surface area contributed by atoms with Crippen LogP contribution in [0, 0.1) is 5.82 Å². The van der Waals surface area contributed by atoms with Gasteiger partial charge in [0.2, 0.25) is 0 Å². The third-order valence-corrected chi connectivity index (χ3v) is 5.19. The fraction of sp³-hybridized carbons (Fsp3) is 0.235. The lowest BCUT2D eigenvalue weighted by Crippen LogP contribution is -2.30. The summed E-state index contributed by atoms with van der Waals surface area (Å²) in [4.78, 5) is 14.2. The molecule has 0 saturated carbocycles. The van der Waals surface area contributed by atoms with Crippen LogP contribution in [0.5, 0.6) is 0 Å². The van der Waals surface area contributed by atoms with Crippen molar-refractivity contribution in [2.45, 2.75) is 18.4 Å². The minimum Gasteiger partial charge on any atom is -0.334 e. The van der Waals surface area contributed by atoms with Gasteiger partial charge in [0.15, 0.2) is 9.84 Å². The number of rotatable bonds is 5. The lowest BCUT2D eigenvalue weighted by Gasteiger charge is -2.21. The van der Waals surface area contributed by atoms with Gasteiger partial charge in [-0.05, 0) is 49.4 Å². The van der Waals surface area contributed by atoms with Gasteiger partial charge in [-0.1, -0.05) is 15.9 Å². The van der Waals surface area contributed by atoms with Gasteiger partial charge in [-0.3, -0.25) is 4.79 Å². The third kappa shape index (κ3) is 4.42. The first-order valence-corrected chi connectivity index (χ1v) is 9.94.